The van der Waals surface area contributed by atoms with Crippen molar-refractivity contribution in [2.45, 2.75) is 36.2 Å². The topological polar surface area (TPSA) is 136 Å². The molecule has 1 aliphatic heterocycles. The van der Waals surface area contributed by atoms with Gasteiger partial charge in [0.2, 0.25) is 11.8 Å². The van der Waals surface area contributed by atoms with E-state index in [9.17, 15) is 19.6 Å². The molecule has 11 heteroatoms. The van der Waals surface area contributed by atoms with Crippen LogP contribution in [0.15, 0.2) is 24.3 Å². The number of nitrogens with zero attached hydrogens (tertiary/aromatic N) is 1. The molecule has 2 unspecified atom stereocenters. The van der Waals surface area contributed by atoms with Gasteiger partial charge in [-0.25, -0.2) is 0 Å². The number of hydrogen-bond acceptors (Lipinski definition) is 5. The molecule has 3 rings (SSSR count). The summed E-state index contributed by atoms with van der Waals surface area (Å²) < 4.78 is 5.30. The van der Waals surface area contributed by atoms with Gasteiger partial charge >= 0.3 is 0 Å². The van der Waals surface area contributed by atoms with Crippen molar-refractivity contribution in [2.75, 3.05) is 13.7 Å². The highest BCUT2D eigenvalue weighted by Gasteiger charge is 2.30. The van der Waals surface area contributed by atoms with Crippen LogP contribution in [0.1, 0.15) is 29.8 Å². The first-order chi connectivity index (χ1) is 15.3. The molecule has 0 saturated carbocycles. The van der Waals surface area contributed by atoms with Gasteiger partial charge in [-0.3, -0.25) is 14.4 Å². The third-order valence-corrected chi connectivity index (χ3v) is 5.64. The molecule has 1 aromatic heterocycles. The van der Waals surface area contributed by atoms with Crippen LogP contribution >= 0.6 is 23.2 Å². The smallest absolute Gasteiger partial charge is 0.268 e. The van der Waals surface area contributed by atoms with Crippen molar-refractivity contribution >= 4 is 51.8 Å². The highest BCUT2D eigenvalue weighted by molar-refractivity contribution is 6.44. The fourth-order valence-corrected chi connectivity index (χ4v) is 4.00. The van der Waals surface area contributed by atoms with Crippen LogP contribution in [0.3, 0.4) is 0 Å². The maximum Gasteiger partial charge on any atom is 0.268 e. The highest BCUT2D eigenvalue weighted by atomic mass is 35.5. The number of nitriles is 1. The number of H-pyrrole nitrogens is 1. The maximum absolute atomic E-state index is 12.8. The summed E-state index contributed by atoms with van der Waals surface area (Å²) in [5, 5.41) is 18.0. The Hall–Kier alpha value is -2.96. The predicted molar refractivity (Wildman–Crippen MR) is 119 cm³/mol. The minimum Gasteiger partial charge on any atom is -0.496 e. The Morgan fingerprint density at radius 3 is 2.75 bits per heavy atom. The number of nitrogens with one attached hydrogen (secondary N) is 4. The molecular weight excluding hydrogens is 457 g/mol. The van der Waals surface area contributed by atoms with Crippen molar-refractivity contribution in [2.24, 2.45) is 5.92 Å². The van der Waals surface area contributed by atoms with Crippen molar-refractivity contribution < 1.29 is 19.1 Å². The number of benzene rings is 1. The molecule has 1 fully saturated rings. The number of alkyl halides is 2. The number of aromatic amines is 1. The molecule has 0 radical (unpaired) electrons. The normalized spacial score (nSPS) is 17.5. The molecule has 1 saturated heterocycles. The van der Waals surface area contributed by atoms with Gasteiger partial charge < -0.3 is 25.7 Å². The molecule has 0 spiro atoms. The van der Waals surface area contributed by atoms with Crippen LogP contribution in [0.2, 0.25) is 0 Å². The molecular formula is C21H23Cl2N5O4. The monoisotopic (exact) mass is 479 g/mol. The largest absolute Gasteiger partial charge is 0.496 e. The summed E-state index contributed by atoms with van der Waals surface area (Å²) in [5.41, 5.74) is 0.921. The SMILES string of the molecule is COc1cccc2[nH]c(C(=O)N[C@@H](CC(Cl)Cl)C(=O)NC(C#N)CC3CCNC3=O)cc12. The fourth-order valence-electron chi connectivity index (χ4n) is 3.64. The summed E-state index contributed by atoms with van der Waals surface area (Å²) in [6.07, 6.45) is 0.719. The average Bonchev–Trinajstić information content (AvgIpc) is 3.38. The first kappa shape index (κ1) is 23.7. The zero-order valence-electron chi connectivity index (χ0n) is 17.3. The second kappa shape index (κ2) is 10.6. The summed E-state index contributed by atoms with van der Waals surface area (Å²) in [5.74, 6) is -1.03. The van der Waals surface area contributed by atoms with E-state index in [1.54, 1.807) is 24.3 Å². The summed E-state index contributed by atoms with van der Waals surface area (Å²) in [6, 6.07) is 6.99. The van der Waals surface area contributed by atoms with E-state index in [0.29, 0.717) is 29.6 Å². The molecule has 1 aliphatic rings. The van der Waals surface area contributed by atoms with Gasteiger partial charge in [-0.15, -0.1) is 23.2 Å². The van der Waals surface area contributed by atoms with Gasteiger partial charge in [-0.2, -0.15) is 5.26 Å². The number of fused-ring (bicyclic) bond motifs is 1. The van der Waals surface area contributed by atoms with Gasteiger partial charge in [0.1, 0.15) is 28.4 Å². The summed E-state index contributed by atoms with van der Waals surface area (Å²) in [6.45, 7) is 0.545. The van der Waals surface area contributed by atoms with Gasteiger partial charge in [0.25, 0.3) is 5.91 Å². The quantitative estimate of drug-likeness (QED) is 0.407. The van der Waals surface area contributed by atoms with Crippen molar-refractivity contribution in [3.63, 3.8) is 0 Å². The lowest BCUT2D eigenvalue weighted by Gasteiger charge is -2.21. The number of ether oxygens (including phenoxy) is 1. The van der Waals surface area contributed by atoms with E-state index < -0.39 is 28.7 Å². The number of rotatable bonds is 9. The van der Waals surface area contributed by atoms with E-state index in [1.165, 1.54) is 7.11 Å². The van der Waals surface area contributed by atoms with Crippen LogP contribution in [0.25, 0.3) is 10.9 Å². The molecule has 2 heterocycles. The molecule has 32 heavy (non-hydrogen) atoms. The van der Waals surface area contributed by atoms with Crippen LogP contribution in [-0.2, 0) is 9.59 Å². The Bertz CT molecular complexity index is 1050. The van der Waals surface area contributed by atoms with Crippen molar-refractivity contribution in [3.8, 4) is 11.8 Å². The minimum absolute atomic E-state index is 0.0632. The Morgan fingerprint density at radius 2 is 2.12 bits per heavy atom. The first-order valence-corrected chi connectivity index (χ1v) is 10.9. The van der Waals surface area contributed by atoms with Gasteiger partial charge in [-0.1, -0.05) is 6.07 Å². The summed E-state index contributed by atoms with van der Waals surface area (Å²) in [7, 11) is 1.53. The first-order valence-electron chi connectivity index (χ1n) is 10.0. The lowest BCUT2D eigenvalue weighted by Crippen LogP contribution is -2.50. The molecule has 0 bridgehead atoms. The van der Waals surface area contributed by atoms with Crippen LogP contribution < -0.4 is 20.7 Å². The summed E-state index contributed by atoms with van der Waals surface area (Å²) in [4.78, 5) is 39.5. The zero-order valence-corrected chi connectivity index (χ0v) is 18.8. The number of amides is 3. The van der Waals surface area contributed by atoms with Crippen LogP contribution in [0.5, 0.6) is 5.75 Å². The van der Waals surface area contributed by atoms with Crippen molar-refractivity contribution in [3.05, 3.63) is 30.0 Å². The number of carbonyl (C=O) groups excluding carboxylic acids is 3. The third kappa shape index (κ3) is 5.64. The van der Waals surface area contributed by atoms with Crippen LogP contribution in [-0.4, -0.2) is 53.3 Å². The second-order valence-electron chi connectivity index (χ2n) is 7.46. The van der Waals surface area contributed by atoms with E-state index in [-0.39, 0.29) is 30.4 Å². The number of methoxy groups -OCH3 is 1. The molecule has 3 atom stereocenters. The van der Waals surface area contributed by atoms with Crippen LogP contribution in [0, 0.1) is 17.2 Å². The van der Waals surface area contributed by atoms with Crippen LogP contribution in [0.4, 0.5) is 0 Å². The van der Waals surface area contributed by atoms with E-state index in [0.717, 1.165) is 0 Å². The van der Waals surface area contributed by atoms with Gasteiger partial charge in [0.15, 0.2) is 0 Å². The molecule has 0 aliphatic carbocycles. The van der Waals surface area contributed by atoms with E-state index in [2.05, 4.69) is 20.9 Å². The Balaban J connectivity index is 1.71. The number of aromatic nitrogens is 1. The standard InChI is InChI=1S/C21H23Cl2N5O4/c1-32-17-4-2-3-14-13(17)8-15(27-14)21(31)28-16(9-18(22)23)20(30)26-12(10-24)7-11-5-6-25-19(11)29/h2-4,8,11-12,16,18,27H,5-7,9H2,1H3,(H,25,29)(H,26,30)(H,28,31)/t11?,12?,16-/m0/s1. The van der Waals surface area contributed by atoms with E-state index in [1.807, 2.05) is 6.07 Å². The Morgan fingerprint density at radius 1 is 1.34 bits per heavy atom. The number of hydrogen-bond donors (Lipinski definition) is 4. The maximum atomic E-state index is 12.8. The lowest BCUT2D eigenvalue weighted by molar-refractivity contribution is -0.125. The number of carbonyl (C=O) groups is 3. The third-order valence-electron chi connectivity index (χ3n) is 5.28. The van der Waals surface area contributed by atoms with Gasteiger partial charge in [0, 0.05) is 29.8 Å². The van der Waals surface area contributed by atoms with E-state index >= 15 is 0 Å². The van der Waals surface area contributed by atoms with Gasteiger partial charge in [-0.05, 0) is 31.0 Å². The average molecular weight is 480 g/mol. The molecule has 3 amide bonds. The van der Waals surface area contributed by atoms with Crippen molar-refractivity contribution in [1.82, 2.24) is 20.9 Å². The molecule has 170 valence electrons. The molecule has 2 aromatic rings. The Labute approximate surface area is 194 Å². The zero-order chi connectivity index (χ0) is 23.3. The molecule has 4 N–H and O–H groups in total. The predicted octanol–water partition coefficient (Wildman–Crippen LogP) is 2.00. The number of halogens is 2. The van der Waals surface area contributed by atoms with Crippen molar-refractivity contribution in [1.29, 1.82) is 5.26 Å². The minimum atomic E-state index is -1.08. The molecule has 9 nitrogen and oxygen atoms in total. The lowest BCUT2D eigenvalue weighted by atomic mass is 9.99. The summed E-state index contributed by atoms with van der Waals surface area (Å²) >= 11 is 11.7. The second-order valence-corrected chi connectivity index (χ2v) is 8.74. The van der Waals surface area contributed by atoms with E-state index in [4.69, 9.17) is 27.9 Å². The van der Waals surface area contributed by atoms with Gasteiger partial charge in [0.05, 0.1) is 13.2 Å². The highest BCUT2D eigenvalue weighted by Crippen LogP contribution is 2.26. The fraction of sp³-hybridized carbons (Fsp3) is 0.429. The Kier molecular flexibility index (Phi) is 7.83. The molecule has 1 aromatic carbocycles.